The summed E-state index contributed by atoms with van der Waals surface area (Å²) in [6.07, 6.45) is 4.34. The topological polar surface area (TPSA) is 67.9 Å². The number of hydrogen-bond donors (Lipinski definition) is 1. The zero-order chi connectivity index (χ0) is 19.3. The van der Waals surface area contributed by atoms with E-state index >= 15 is 0 Å². The molecule has 3 heterocycles. The number of para-hydroxylation sites is 1. The molecular weight excluding hydrogens is 356 g/mol. The predicted molar refractivity (Wildman–Crippen MR) is 103 cm³/mol. The normalized spacial score (nSPS) is 33.0. The maximum atomic E-state index is 12.8. The third kappa shape index (κ3) is 2.89. The van der Waals surface area contributed by atoms with E-state index < -0.39 is 0 Å². The Labute approximate surface area is 165 Å². The molecule has 4 atom stereocenters. The van der Waals surface area contributed by atoms with E-state index in [1.54, 1.807) is 6.07 Å². The van der Waals surface area contributed by atoms with E-state index in [-0.39, 0.29) is 29.4 Å². The van der Waals surface area contributed by atoms with Gasteiger partial charge in [0.1, 0.15) is 5.75 Å². The molecule has 0 unspecified atom stereocenters. The second kappa shape index (κ2) is 6.76. The van der Waals surface area contributed by atoms with Crippen LogP contribution in [0.15, 0.2) is 24.3 Å². The first-order valence-electron chi connectivity index (χ1n) is 10.6. The molecular formula is C22H28N2O4. The van der Waals surface area contributed by atoms with Crippen molar-refractivity contribution in [3.63, 3.8) is 0 Å². The molecule has 1 aliphatic carbocycles. The van der Waals surface area contributed by atoms with Gasteiger partial charge in [-0.2, -0.15) is 0 Å². The fraction of sp³-hybridized carbons (Fsp3) is 0.636. The van der Waals surface area contributed by atoms with Crippen molar-refractivity contribution in [1.82, 2.24) is 10.2 Å². The molecule has 6 nitrogen and oxygen atoms in total. The molecule has 1 spiro atoms. The molecule has 0 aromatic heterocycles. The van der Waals surface area contributed by atoms with E-state index in [0.717, 1.165) is 38.8 Å². The number of ether oxygens (including phenoxy) is 2. The predicted octanol–water partition coefficient (Wildman–Crippen LogP) is 2.23. The second-order valence-corrected chi connectivity index (χ2v) is 8.66. The van der Waals surface area contributed by atoms with Crippen molar-refractivity contribution in [3.05, 3.63) is 29.8 Å². The minimum atomic E-state index is -0.173. The zero-order valence-corrected chi connectivity index (χ0v) is 16.4. The summed E-state index contributed by atoms with van der Waals surface area (Å²) < 4.78 is 12.0. The van der Waals surface area contributed by atoms with Crippen molar-refractivity contribution in [3.8, 4) is 5.75 Å². The third-order valence-corrected chi connectivity index (χ3v) is 6.95. The van der Waals surface area contributed by atoms with Crippen molar-refractivity contribution < 1.29 is 19.1 Å². The van der Waals surface area contributed by atoms with Gasteiger partial charge in [-0.05, 0) is 44.7 Å². The van der Waals surface area contributed by atoms with Crippen molar-refractivity contribution >= 4 is 11.8 Å². The minimum Gasteiger partial charge on any atom is -0.493 e. The first kappa shape index (κ1) is 18.0. The highest BCUT2D eigenvalue weighted by molar-refractivity contribution is 5.96. The molecule has 28 heavy (non-hydrogen) atoms. The van der Waals surface area contributed by atoms with Gasteiger partial charge in [0.2, 0.25) is 5.91 Å². The average Bonchev–Trinajstić information content (AvgIpc) is 3.27. The largest absolute Gasteiger partial charge is 0.493 e. The van der Waals surface area contributed by atoms with Crippen LogP contribution in [0, 0.1) is 17.8 Å². The summed E-state index contributed by atoms with van der Waals surface area (Å²) in [5.74, 6) is 1.67. The van der Waals surface area contributed by atoms with E-state index in [2.05, 4.69) is 5.32 Å². The van der Waals surface area contributed by atoms with Crippen LogP contribution in [0.2, 0.25) is 0 Å². The Balaban J connectivity index is 1.26. The summed E-state index contributed by atoms with van der Waals surface area (Å²) in [6, 6.07) is 7.35. The maximum Gasteiger partial charge on any atom is 0.255 e. The van der Waals surface area contributed by atoms with Crippen LogP contribution in [0.1, 0.15) is 43.0 Å². The molecule has 1 saturated carbocycles. The summed E-state index contributed by atoms with van der Waals surface area (Å²) in [7, 11) is 0. The van der Waals surface area contributed by atoms with Crippen molar-refractivity contribution in [2.24, 2.45) is 17.8 Å². The van der Waals surface area contributed by atoms with Crippen LogP contribution in [-0.2, 0) is 9.53 Å². The second-order valence-electron chi connectivity index (χ2n) is 8.66. The van der Waals surface area contributed by atoms with Crippen molar-refractivity contribution in [1.29, 1.82) is 0 Å². The van der Waals surface area contributed by atoms with Gasteiger partial charge in [-0.3, -0.25) is 9.59 Å². The molecule has 150 valence electrons. The van der Waals surface area contributed by atoms with Crippen LogP contribution in [0.25, 0.3) is 0 Å². The van der Waals surface area contributed by atoms with Crippen molar-refractivity contribution in [2.75, 3.05) is 26.2 Å². The van der Waals surface area contributed by atoms with Crippen LogP contribution in [0.5, 0.6) is 5.75 Å². The number of benzene rings is 1. The highest BCUT2D eigenvalue weighted by Crippen LogP contribution is 2.55. The summed E-state index contributed by atoms with van der Waals surface area (Å²) in [5, 5.41) is 3.11. The first-order valence-corrected chi connectivity index (χ1v) is 10.6. The summed E-state index contributed by atoms with van der Waals surface area (Å²) >= 11 is 0. The van der Waals surface area contributed by atoms with E-state index in [0.29, 0.717) is 36.3 Å². The Morgan fingerprint density at radius 3 is 2.89 bits per heavy atom. The number of nitrogens with zero attached hydrogens (tertiary/aromatic N) is 1. The zero-order valence-electron chi connectivity index (χ0n) is 16.4. The van der Waals surface area contributed by atoms with Gasteiger partial charge < -0.3 is 19.7 Å². The Morgan fingerprint density at radius 1 is 1.29 bits per heavy atom. The van der Waals surface area contributed by atoms with Crippen LogP contribution in [0.4, 0.5) is 0 Å². The SMILES string of the molecule is CCOc1ccccc1C(=O)NC[C@H]1[C@H]2CN(C(=O)C3CC3)C[C@]23CC[C@H]1O3. The molecule has 3 aliphatic heterocycles. The molecule has 3 saturated heterocycles. The molecule has 2 amide bonds. The lowest BCUT2D eigenvalue weighted by Crippen LogP contribution is -2.42. The fourth-order valence-corrected chi connectivity index (χ4v) is 5.46. The quantitative estimate of drug-likeness (QED) is 0.817. The molecule has 4 aliphatic rings. The lowest BCUT2D eigenvalue weighted by atomic mass is 9.73. The molecule has 1 aromatic carbocycles. The first-order chi connectivity index (χ1) is 13.6. The Kier molecular flexibility index (Phi) is 4.34. The lowest BCUT2D eigenvalue weighted by Gasteiger charge is -2.29. The summed E-state index contributed by atoms with van der Waals surface area (Å²) in [6.45, 7) is 4.54. The van der Waals surface area contributed by atoms with Gasteiger partial charge in [0.15, 0.2) is 0 Å². The number of rotatable bonds is 6. The smallest absolute Gasteiger partial charge is 0.255 e. The van der Waals surface area contributed by atoms with Crippen molar-refractivity contribution in [2.45, 2.75) is 44.3 Å². The molecule has 6 heteroatoms. The number of nitrogens with one attached hydrogen (secondary N) is 1. The Bertz CT molecular complexity index is 792. The van der Waals surface area contributed by atoms with E-state index in [9.17, 15) is 9.59 Å². The van der Waals surface area contributed by atoms with E-state index in [1.807, 2.05) is 30.0 Å². The van der Waals surface area contributed by atoms with Crippen LogP contribution in [0.3, 0.4) is 0 Å². The van der Waals surface area contributed by atoms with Crippen LogP contribution in [-0.4, -0.2) is 54.7 Å². The monoisotopic (exact) mass is 384 g/mol. The number of carbonyl (C=O) groups is 2. The van der Waals surface area contributed by atoms with Gasteiger partial charge >= 0.3 is 0 Å². The number of amides is 2. The highest BCUT2D eigenvalue weighted by Gasteiger charge is 2.63. The molecule has 2 bridgehead atoms. The van der Waals surface area contributed by atoms with Gasteiger partial charge in [0, 0.05) is 30.8 Å². The summed E-state index contributed by atoms with van der Waals surface area (Å²) in [4.78, 5) is 27.4. The van der Waals surface area contributed by atoms with Gasteiger partial charge in [-0.1, -0.05) is 12.1 Å². The van der Waals surface area contributed by atoms with Gasteiger partial charge in [0.05, 0.1) is 30.4 Å². The standard InChI is InChI=1S/C22H28N2O4/c1-2-27-18-6-4-3-5-15(18)20(25)23-11-16-17-12-24(21(26)14-7-8-14)13-22(17)10-9-19(16)28-22/h3-6,14,16-17,19H,2,7-13H2,1H3,(H,23,25)/t16-,17+,19+,22+/m0/s1. The van der Waals surface area contributed by atoms with Gasteiger partial charge in [-0.25, -0.2) is 0 Å². The van der Waals surface area contributed by atoms with E-state index in [1.165, 1.54) is 0 Å². The Hall–Kier alpha value is -2.08. The maximum absolute atomic E-state index is 12.8. The van der Waals surface area contributed by atoms with Gasteiger partial charge in [-0.15, -0.1) is 0 Å². The van der Waals surface area contributed by atoms with Gasteiger partial charge in [0.25, 0.3) is 5.91 Å². The summed E-state index contributed by atoms with van der Waals surface area (Å²) in [5.41, 5.74) is 0.397. The molecule has 4 fully saturated rings. The third-order valence-electron chi connectivity index (χ3n) is 6.95. The number of hydrogen-bond acceptors (Lipinski definition) is 4. The van der Waals surface area contributed by atoms with Crippen LogP contribution < -0.4 is 10.1 Å². The molecule has 0 radical (unpaired) electrons. The number of carbonyl (C=O) groups excluding carboxylic acids is 2. The number of fused-ring (bicyclic) bond motifs is 1. The molecule has 5 rings (SSSR count). The minimum absolute atomic E-state index is 0.107. The molecule has 1 N–H and O–H groups in total. The highest BCUT2D eigenvalue weighted by atomic mass is 16.5. The fourth-order valence-electron chi connectivity index (χ4n) is 5.46. The average molecular weight is 384 g/mol. The van der Waals surface area contributed by atoms with E-state index in [4.69, 9.17) is 9.47 Å². The number of likely N-dealkylation sites (tertiary alicyclic amines) is 1. The lowest BCUT2D eigenvalue weighted by molar-refractivity contribution is -0.133. The van der Waals surface area contributed by atoms with Crippen LogP contribution >= 0.6 is 0 Å². The molecule has 1 aromatic rings. The Morgan fingerprint density at radius 2 is 2.11 bits per heavy atom.